The van der Waals surface area contributed by atoms with Crippen LogP contribution in [0.5, 0.6) is 5.75 Å². The summed E-state index contributed by atoms with van der Waals surface area (Å²) in [4.78, 5) is 21.7. The van der Waals surface area contributed by atoms with Crippen LogP contribution < -0.4 is 10.1 Å². The standard InChI is InChI=1S/C20H19ClN4O3/c1-25-11-14(28-20(25)26)12-27-17-10-22-9-15-16(7-18(21)24-19(15)17)23-8-13-5-3-2-4-6-13/h2-7,9-10,14H,8,11-12H2,1H3,(H,23,24). The molecule has 7 nitrogen and oxygen atoms in total. The van der Waals surface area contributed by atoms with E-state index in [2.05, 4.69) is 15.3 Å². The molecule has 0 spiro atoms. The summed E-state index contributed by atoms with van der Waals surface area (Å²) in [7, 11) is 1.69. The van der Waals surface area contributed by atoms with Crippen LogP contribution in [-0.2, 0) is 11.3 Å². The van der Waals surface area contributed by atoms with Crippen molar-refractivity contribution in [2.75, 3.05) is 25.5 Å². The van der Waals surface area contributed by atoms with Crippen molar-refractivity contribution in [1.82, 2.24) is 14.9 Å². The fourth-order valence-electron chi connectivity index (χ4n) is 3.05. The summed E-state index contributed by atoms with van der Waals surface area (Å²) in [6.07, 6.45) is 2.64. The minimum absolute atomic E-state index is 0.220. The van der Waals surface area contributed by atoms with Crippen LogP contribution in [0.3, 0.4) is 0 Å². The molecule has 1 saturated heterocycles. The molecule has 1 aromatic carbocycles. The van der Waals surface area contributed by atoms with Crippen LogP contribution in [0.4, 0.5) is 10.5 Å². The fraction of sp³-hybridized carbons (Fsp3) is 0.250. The van der Waals surface area contributed by atoms with Gasteiger partial charge in [0.1, 0.15) is 17.3 Å². The maximum Gasteiger partial charge on any atom is 0.410 e. The highest BCUT2D eigenvalue weighted by molar-refractivity contribution is 6.30. The minimum Gasteiger partial charge on any atom is -0.486 e. The van der Waals surface area contributed by atoms with E-state index in [0.717, 1.165) is 16.6 Å². The van der Waals surface area contributed by atoms with Crippen LogP contribution in [-0.4, -0.2) is 47.3 Å². The Balaban J connectivity index is 1.55. The number of rotatable bonds is 6. The number of halogens is 1. The van der Waals surface area contributed by atoms with E-state index < -0.39 is 0 Å². The minimum atomic E-state index is -0.349. The molecule has 1 fully saturated rings. The summed E-state index contributed by atoms with van der Waals surface area (Å²) in [6, 6.07) is 11.8. The molecule has 1 atom stereocenters. The lowest BCUT2D eigenvalue weighted by Gasteiger charge is -2.14. The van der Waals surface area contributed by atoms with Crippen molar-refractivity contribution >= 4 is 34.3 Å². The normalized spacial score (nSPS) is 16.3. The summed E-state index contributed by atoms with van der Waals surface area (Å²) in [6.45, 7) is 1.35. The van der Waals surface area contributed by atoms with Gasteiger partial charge in [0, 0.05) is 30.9 Å². The average Bonchev–Trinajstić information content (AvgIpc) is 3.03. The van der Waals surface area contributed by atoms with Crippen LogP contribution in [0, 0.1) is 0 Å². The molecule has 0 aliphatic carbocycles. The Labute approximate surface area is 167 Å². The first-order chi connectivity index (χ1) is 13.6. The Morgan fingerprint density at radius 1 is 1.32 bits per heavy atom. The number of hydrogen-bond acceptors (Lipinski definition) is 6. The second-order valence-corrected chi connectivity index (χ2v) is 6.95. The summed E-state index contributed by atoms with van der Waals surface area (Å²) < 4.78 is 11.1. The molecule has 1 aliphatic heterocycles. The first-order valence-corrected chi connectivity index (χ1v) is 9.24. The highest BCUT2D eigenvalue weighted by Crippen LogP contribution is 2.31. The van der Waals surface area contributed by atoms with Gasteiger partial charge >= 0.3 is 6.09 Å². The lowest BCUT2D eigenvalue weighted by molar-refractivity contribution is 0.103. The van der Waals surface area contributed by atoms with E-state index in [-0.39, 0.29) is 18.8 Å². The predicted octanol–water partition coefficient (Wildman–Crippen LogP) is 3.72. The average molecular weight is 399 g/mol. The van der Waals surface area contributed by atoms with E-state index in [1.54, 1.807) is 25.5 Å². The molecule has 28 heavy (non-hydrogen) atoms. The topological polar surface area (TPSA) is 76.6 Å². The molecule has 2 aromatic heterocycles. The Hall–Kier alpha value is -3.06. The van der Waals surface area contributed by atoms with Crippen LogP contribution in [0.15, 0.2) is 48.8 Å². The van der Waals surface area contributed by atoms with Crippen LogP contribution in [0.2, 0.25) is 5.15 Å². The molecule has 4 rings (SSSR count). The lowest BCUT2D eigenvalue weighted by Crippen LogP contribution is -2.23. The number of amides is 1. The number of hydrogen-bond donors (Lipinski definition) is 1. The molecular weight excluding hydrogens is 380 g/mol. The molecule has 3 aromatic rings. The van der Waals surface area contributed by atoms with Crippen LogP contribution >= 0.6 is 11.6 Å². The molecule has 1 aliphatic rings. The SMILES string of the molecule is CN1CC(COc2cncc3c(NCc4ccccc4)cc(Cl)nc23)OC1=O. The third kappa shape index (κ3) is 3.94. The number of fused-ring (bicyclic) bond motifs is 1. The largest absolute Gasteiger partial charge is 0.486 e. The number of pyridine rings is 2. The van der Waals surface area contributed by atoms with Gasteiger partial charge in [-0.05, 0) is 11.6 Å². The number of benzene rings is 1. The molecule has 8 heteroatoms. The highest BCUT2D eigenvalue weighted by Gasteiger charge is 2.29. The summed E-state index contributed by atoms with van der Waals surface area (Å²) >= 11 is 6.24. The molecule has 3 heterocycles. The van der Waals surface area contributed by atoms with Crippen molar-refractivity contribution < 1.29 is 14.3 Å². The Bertz CT molecular complexity index is 999. The number of aromatic nitrogens is 2. The van der Waals surface area contributed by atoms with Gasteiger partial charge in [-0.3, -0.25) is 4.98 Å². The first-order valence-electron chi connectivity index (χ1n) is 8.87. The van der Waals surface area contributed by atoms with Gasteiger partial charge in [-0.1, -0.05) is 41.9 Å². The van der Waals surface area contributed by atoms with Gasteiger partial charge in [0.05, 0.1) is 12.7 Å². The van der Waals surface area contributed by atoms with Gasteiger partial charge in [0.25, 0.3) is 0 Å². The number of likely N-dealkylation sites (N-methyl/N-ethyl adjacent to an activating group) is 1. The van der Waals surface area contributed by atoms with Crippen LogP contribution in [0.25, 0.3) is 10.9 Å². The zero-order chi connectivity index (χ0) is 19.5. The number of carbonyl (C=O) groups excluding carboxylic acids is 1. The van der Waals surface area contributed by atoms with E-state index in [4.69, 9.17) is 21.1 Å². The Kier molecular flexibility index (Phi) is 5.16. The van der Waals surface area contributed by atoms with Crippen molar-refractivity contribution in [1.29, 1.82) is 0 Å². The van der Waals surface area contributed by atoms with E-state index >= 15 is 0 Å². The molecule has 0 radical (unpaired) electrons. The lowest BCUT2D eigenvalue weighted by atomic mass is 10.2. The number of anilines is 1. The van der Waals surface area contributed by atoms with E-state index in [1.807, 2.05) is 30.3 Å². The van der Waals surface area contributed by atoms with Gasteiger partial charge in [-0.25, -0.2) is 9.78 Å². The maximum absolute atomic E-state index is 11.5. The molecule has 0 bridgehead atoms. The third-order valence-electron chi connectivity index (χ3n) is 4.46. The molecule has 1 unspecified atom stereocenters. The second-order valence-electron chi connectivity index (χ2n) is 6.56. The Morgan fingerprint density at radius 2 is 2.14 bits per heavy atom. The second kappa shape index (κ2) is 7.90. The zero-order valence-corrected chi connectivity index (χ0v) is 16.0. The summed E-state index contributed by atoms with van der Waals surface area (Å²) in [5, 5.41) is 4.54. The monoisotopic (exact) mass is 398 g/mol. The van der Waals surface area contributed by atoms with E-state index in [9.17, 15) is 4.79 Å². The van der Waals surface area contributed by atoms with Gasteiger partial charge in [-0.15, -0.1) is 0 Å². The van der Waals surface area contributed by atoms with Crippen molar-refractivity contribution in [3.05, 3.63) is 59.5 Å². The molecule has 0 saturated carbocycles. The fourth-order valence-corrected chi connectivity index (χ4v) is 3.24. The molecule has 1 amide bonds. The quantitative estimate of drug-likeness (QED) is 0.637. The first kappa shape index (κ1) is 18.3. The van der Waals surface area contributed by atoms with E-state index in [1.165, 1.54) is 4.90 Å². The third-order valence-corrected chi connectivity index (χ3v) is 4.66. The number of cyclic esters (lactones) is 1. The summed E-state index contributed by atoms with van der Waals surface area (Å²) in [5.41, 5.74) is 2.58. The number of nitrogens with one attached hydrogen (secondary N) is 1. The smallest absolute Gasteiger partial charge is 0.410 e. The van der Waals surface area contributed by atoms with Crippen LogP contribution in [0.1, 0.15) is 5.56 Å². The van der Waals surface area contributed by atoms with Crippen molar-refractivity contribution in [3.8, 4) is 5.75 Å². The van der Waals surface area contributed by atoms with Crippen molar-refractivity contribution in [2.24, 2.45) is 0 Å². The number of ether oxygens (including phenoxy) is 2. The maximum atomic E-state index is 11.5. The van der Waals surface area contributed by atoms with Crippen molar-refractivity contribution in [2.45, 2.75) is 12.6 Å². The van der Waals surface area contributed by atoms with Gasteiger partial charge < -0.3 is 19.7 Å². The number of carbonyl (C=O) groups is 1. The molecule has 1 N–H and O–H groups in total. The van der Waals surface area contributed by atoms with Gasteiger partial charge in [0.15, 0.2) is 11.9 Å². The predicted molar refractivity (Wildman–Crippen MR) is 107 cm³/mol. The molecule has 144 valence electrons. The molecular formula is C20H19ClN4O3. The van der Waals surface area contributed by atoms with Crippen molar-refractivity contribution in [3.63, 3.8) is 0 Å². The summed E-state index contributed by atoms with van der Waals surface area (Å²) in [5.74, 6) is 0.494. The number of nitrogens with zero attached hydrogens (tertiary/aromatic N) is 3. The highest BCUT2D eigenvalue weighted by atomic mass is 35.5. The van der Waals surface area contributed by atoms with Gasteiger partial charge in [-0.2, -0.15) is 0 Å². The zero-order valence-electron chi connectivity index (χ0n) is 15.3. The Morgan fingerprint density at radius 3 is 2.89 bits per heavy atom. The van der Waals surface area contributed by atoms with Gasteiger partial charge in [0.2, 0.25) is 0 Å². The van der Waals surface area contributed by atoms with E-state index in [0.29, 0.717) is 29.5 Å².